The summed E-state index contributed by atoms with van der Waals surface area (Å²) in [6.45, 7) is 0.685. The first-order valence-electron chi connectivity index (χ1n) is 4.96. The molecule has 19 heavy (non-hydrogen) atoms. The van der Waals surface area contributed by atoms with E-state index in [9.17, 15) is 27.6 Å². The van der Waals surface area contributed by atoms with Crippen LogP contribution in [-0.2, 0) is 4.79 Å². The minimum absolute atomic E-state index is 0.329. The fourth-order valence-corrected chi connectivity index (χ4v) is 1.12. The van der Waals surface area contributed by atoms with Gasteiger partial charge in [0.1, 0.15) is 11.7 Å². The molecule has 0 radical (unpaired) electrons. The molecule has 1 atom stereocenters. The van der Waals surface area contributed by atoms with Crippen LogP contribution in [0.25, 0.3) is 0 Å². The number of aromatic nitrogens is 1. The maximum absolute atomic E-state index is 12.2. The minimum Gasteiger partial charge on any atom is -0.477 e. The van der Waals surface area contributed by atoms with Crippen molar-refractivity contribution in [3.8, 4) is 0 Å². The number of carbonyl (C=O) groups excluding carboxylic acids is 2. The number of alkyl halides is 3. The Bertz CT molecular complexity index is 521. The summed E-state index contributed by atoms with van der Waals surface area (Å²) in [5.41, 5.74) is -0.677. The van der Waals surface area contributed by atoms with E-state index in [1.165, 1.54) is 5.32 Å². The van der Waals surface area contributed by atoms with Gasteiger partial charge in [0.2, 0.25) is 0 Å². The topological polar surface area (TPSA) is 99.3 Å². The summed E-state index contributed by atoms with van der Waals surface area (Å²) < 4.78 is 36.5. The van der Waals surface area contributed by atoms with Crippen molar-refractivity contribution in [1.29, 1.82) is 0 Å². The van der Waals surface area contributed by atoms with Crippen LogP contribution in [0.15, 0.2) is 12.3 Å². The van der Waals surface area contributed by atoms with Gasteiger partial charge in [-0.15, -0.1) is 0 Å². The van der Waals surface area contributed by atoms with Gasteiger partial charge in [-0.05, 0) is 13.0 Å². The molecule has 0 aliphatic carbocycles. The summed E-state index contributed by atoms with van der Waals surface area (Å²) in [7, 11) is 0. The first-order chi connectivity index (χ1) is 8.62. The number of ketones is 1. The Kier molecular flexibility index (Phi) is 3.98. The lowest BCUT2D eigenvalue weighted by atomic mass is 10.2. The molecular formula is C10H9F3N2O4. The van der Waals surface area contributed by atoms with Gasteiger partial charge in [0.15, 0.2) is 0 Å². The Hall–Kier alpha value is -2.32. The zero-order valence-corrected chi connectivity index (χ0v) is 9.54. The number of H-pyrrole nitrogens is 1. The van der Waals surface area contributed by atoms with Crippen LogP contribution < -0.4 is 5.32 Å². The zero-order chi connectivity index (χ0) is 14.8. The average molecular weight is 278 g/mol. The van der Waals surface area contributed by atoms with Gasteiger partial charge in [0.25, 0.3) is 11.7 Å². The molecule has 1 amide bonds. The van der Waals surface area contributed by atoms with Crippen LogP contribution in [-0.4, -0.2) is 40.0 Å². The lowest BCUT2D eigenvalue weighted by molar-refractivity contribution is -0.156. The number of rotatable bonds is 4. The quantitative estimate of drug-likeness (QED) is 0.564. The highest BCUT2D eigenvalue weighted by Crippen LogP contribution is 2.19. The third-order valence-corrected chi connectivity index (χ3v) is 2.22. The number of Topliss-reactive ketones (excluding diaryl/α,β-unsaturated/α-hetero) is 1. The molecule has 0 aliphatic heterocycles. The number of nitrogens with one attached hydrogen (secondary N) is 2. The molecule has 0 fully saturated rings. The summed E-state index contributed by atoms with van der Waals surface area (Å²) in [6.07, 6.45) is -3.73. The SMILES string of the molecule is CC(NC(=O)C(=O)c1c[nH]c(C(=O)O)c1)C(F)(F)F. The van der Waals surface area contributed by atoms with Crippen molar-refractivity contribution in [1.82, 2.24) is 10.3 Å². The molecule has 1 aromatic heterocycles. The molecule has 104 valence electrons. The smallest absolute Gasteiger partial charge is 0.408 e. The molecule has 0 saturated heterocycles. The summed E-state index contributed by atoms with van der Waals surface area (Å²) in [5.74, 6) is -4.07. The van der Waals surface area contributed by atoms with Crippen LogP contribution in [0.3, 0.4) is 0 Å². The number of aromatic carboxylic acids is 1. The molecule has 1 rings (SSSR count). The van der Waals surface area contributed by atoms with Crippen LogP contribution in [0.1, 0.15) is 27.8 Å². The zero-order valence-electron chi connectivity index (χ0n) is 9.54. The number of carboxylic acids is 1. The van der Waals surface area contributed by atoms with Crippen LogP contribution in [0, 0.1) is 0 Å². The average Bonchev–Trinajstić information content (AvgIpc) is 2.75. The van der Waals surface area contributed by atoms with E-state index < -0.39 is 29.9 Å². The minimum atomic E-state index is -4.67. The fourth-order valence-electron chi connectivity index (χ4n) is 1.12. The lowest BCUT2D eigenvalue weighted by Crippen LogP contribution is -2.45. The number of carbonyl (C=O) groups is 3. The van der Waals surface area contributed by atoms with Gasteiger partial charge >= 0.3 is 12.1 Å². The van der Waals surface area contributed by atoms with E-state index in [0.717, 1.165) is 12.3 Å². The van der Waals surface area contributed by atoms with Gasteiger partial charge in [-0.1, -0.05) is 0 Å². The maximum atomic E-state index is 12.2. The Morgan fingerprint density at radius 3 is 2.37 bits per heavy atom. The van der Waals surface area contributed by atoms with Gasteiger partial charge < -0.3 is 15.4 Å². The molecule has 0 aromatic carbocycles. The number of hydrogen-bond donors (Lipinski definition) is 3. The standard InChI is InChI=1S/C10H9F3N2O4/c1-4(10(11,12)13)15-8(17)7(16)5-2-6(9(18)19)14-3-5/h2-4,14H,1H3,(H,15,17)(H,18,19). The maximum Gasteiger partial charge on any atom is 0.408 e. The highest BCUT2D eigenvalue weighted by molar-refractivity contribution is 6.43. The summed E-state index contributed by atoms with van der Waals surface area (Å²) in [5, 5.41) is 10.1. The van der Waals surface area contributed by atoms with Gasteiger partial charge in [-0.25, -0.2) is 4.79 Å². The molecule has 1 heterocycles. The molecule has 0 bridgehead atoms. The normalized spacial score (nSPS) is 12.8. The van der Waals surface area contributed by atoms with Gasteiger partial charge in [0, 0.05) is 11.8 Å². The molecule has 1 unspecified atom stereocenters. The van der Waals surface area contributed by atoms with Gasteiger partial charge in [0.05, 0.1) is 0 Å². The van der Waals surface area contributed by atoms with Gasteiger partial charge in [-0.3, -0.25) is 9.59 Å². The Balaban J connectivity index is 2.77. The van der Waals surface area contributed by atoms with Crippen LogP contribution in [0.5, 0.6) is 0 Å². The molecule has 1 aromatic rings. The second kappa shape index (κ2) is 5.12. The second-order valence-electron chi connectivity index (χ2n) is 3.67. The number of halogens is 3. The first kappa shape index (κ1) is 14.7. The highest BCUT2D eigenvalue weighted by Gasteiger charge is 2.38. The number of hydrogen-bond acceptors (Lipinski definition) is 3. The van der Waals surface area contributed by atoms with Crippen molar-refractivity contribution >= 4 is 17.7 Å². The molecule has 9 heteroatoms. The van der Waals surface area contributed by atoms with E-state index in [1.807, 2.05) is 0 Å². The molecule has 0 aliphatic rings. The lowest BCUT2D eigenvalue weighted by Gasteiger charge is -2.16. The number of aromatic amines is 1. The van der Waals surface area contributed by atoms with Crippen molar-refractivity contribution < 1.29 is 32.7 Å². The van der Waals surface area contributed by atoms with E-state index in [-0.39, 0.29) is 11.3 Å². The van der Waals surface area contributed by atoms with Crippen molar-refractivity contribution in [3.63, 3.8) is 0 Å². The molecule has 0 spiro atoms. The summed E-state index contributed by atoms with van der Waals surface area (Å²) in [4.78, 5) is 35.4. The van der Waals surface area contributed by atoms with Crippen molar-refractivity contribution in [2.45, 2.75) is 19.1 Å². The summed E-state index contributed by atoms with van der Waals surface area (Å²) in [6, 6.07) is -1.32. The van der Waals surface area contributed by atoms with Crippen LogP contribution in [0.4, 0.5) is 13.2 Å². The number of amides is 1. The van der Waals surface area contributed by atoms with E-state index in [0.29, 0.717) is 6.92 Å². The predicted molar refractivity (Wildman–Crippen MR) is 55.7 cm³/mol. The van der Waals surface area contributed by atoms with Crippen LogP contribution >= 0.6 is 0 Å². The molecule has 3 N–H and O–H groups in total. The van der Waals surface area contributed by atoms with Gasteiger partial charge in [-0.2, -0.15) is 13.2 Å². The Morgan fingerprint density at radius 1 is 1.37 bits per heavy atom. The largest absolute Gasteiger partial charge is 0.477 e. The molecule has 6 nitrogen and oxygen atoms in total. The van der Waals surface area contributed by atoms with E-state index >= 15 is 0 Å². The molecule has 0 saturated carbocycles. The van der Waals surface area contributed by atoms with Crippen molar-refractivity contribution in [3.05, 3.63) is 23.5 Å². The van der Waals surface area contributed by atoms with E-state index in [1.54, 1.807) is 0 Å². The fraction of sp³-hybridized carbons (Fsp3) is 0.300. The predicted octanol–water partition coefficient (Wildman–Crippen LogP) is 0.963. The summed E-state index contributed by atoms with van der Waals surface area (Å²) >= 11 is 0. The number of carboxylic acid groups (broad SMARTS) is 1. The van der Waals surface area contributed by atoms with E-state index in [4.69, 9.17) is 5.11 Å². The van der Waals surface area contributed by atoms with Crippen molar-refractivity contribution in [2.75, 3.05) is 0 Å². The second-order valence-corrected chi connectivity index (χ2v) is 3.67. The third kappa shape index (κ3) is 3.57. The monoisotopic (exact) mass is 278 g/mol. The van der Waals surface area contributed by atoms with Crippen LogP contribution in [0.2, 0.25) is 0 Å². The highest BCUT2D eigenvalue weighted by atomic mass is 19.4. The Labute approximate surface area is 104 Å². The third-order valence-electron chi connectivity index (χ3n) is 2.22. The molecular weight excluding hydrogens is 269 g/mol. The first-order valence-corrected chi connectivity index (χ1v) is 4.96. The Morgan fingerprint density at radius 2 is 1.95 bits per heavy atom. The van der Waals surface area contributed by atoms with E-state index in [2.05, 4.69) is 4.98 Å². The van der Waals surface area contributed by atoms with Crippen molar-refractivity contribution in [2.24, 2.45) is 0 Å².